The number of alkyl halides is 6. The number of carbonyl (C=O) groups excluding carboxylic acids is 2. The van der Waals surface area contributed by atoms with E-state index in [-0.39, 0.29) is 70.1 Å². The van der Waals surface area contributed by atoms with Crippen LogP contribution in [0, 0.1) is 0 Å². The number of halogens is 6. The molecule has 74 heavy (non-hydrogen) atoms. The standard InChI is InChI=1S/C25H42F3NO7.C14H20F3NO6.C12H26O.Na.H/c1-6-8-9-10-11-12-17(31-5)13-15-32-21-19(29-23(30)25(26,27)28)22(33-14-7-2)35-18-16-34-24(3,4)36-20(18)21;1-4-5-21-11-8(18-12(20)14(15,16)17)9(19)10-7(23-11)6-22-13(2,3)24-10;1-4-6-7-8-9-11-12(13-3)10-5-2;;/h7,17-22H,2,6,8-16H2,1,3-5H3,(H,29,30);4,7-11,19H,1,5-6H2,2-3H3,(H,18,20);12H,4-11H2,1-3H3;;/q;;;+1;-1/t17-,18?,19-,20-,21-,22+;7?,8-,9-,10-,11+;12-;;/m110../s1. The molecule has 4 saturated heterocycles. The molecule has 4 heterocycles. The molecule has 12 atom stereocenters. The summed E-state index contributed by atoms with van der Waals surface area (Å²) in [5.41, 5.74) is 0. The van der Waals surface area contributed by atoms with E-state index in [4.69, 9.17) is 52.1 Å². The summed E-state index contributed by atoms with van der Waals surface area (Å²) in [5, 5.41) is 14.2. The zero-order chi connectivity index (χ0) is 54.8. The van der Waals surface area contributed by atoms with Gasteiger partial charge in [-0.2, -0.15) is 26.3 Å². The van der Waals surface area contributed by atoms with Gasteiger partial charge in [-0.15, -0.1) is 13.2 Å². The summed E-state index contributed by atoms with van der Waals surface area (Å²) in [6.07, 6.45) is 2.62. The fraction of sp³-hybridized carbons (Fsp3) is 0.882. The van der Waals surface area contributed by atoms with Crippen molar-refractivity contribution in [3.05, 3.63) is 25.3 Å². The molecular formula is C51H89F6N2NaO14. The number of amides is 2. The van der Waals surface area contributed by atoms with Crippen molar-refractivity contribution in [2.75, 3.05) is 47.3 Å². The Hall–Kier alpha value is -1.48. The van der Waals surface area contributed by atoms with Crippen molar-refractivity contribution in [3.8, 4) is 0 Å². The van der Waals surface area contributed by atoms with E-state index >= 15 is 0 Å². The second-order valence-corrected chi connectivity index (χ2v) is 19.4. The van der Waals surface area contributed by atoms with E-state index in [0.717, 1.165) is 19.3 Å². The number of aliphatic hydroxyl groups excluding tert-OH is 1. The summed E-state index contributed by atoms with van der Waals surface area (Å²) >= 11 is 0. The molecule has 0 aromatic carbocycles. The summed E-state index contributed by atoms with van der Waals surface area (Å²) in [7, 11) is 3.48. The molecule has 4 rings (SSSR count). The topological polar surface area (TPSA) is 180 Å². The second-order valence-electron chi connectivity index (χ2n) is 19.4. The van der Waals surface area contributed by atoms with Gasteiger partial charge in [-0.05, 0) is 53.4 Å². The van der Waals surface area contributed by atoms with E-state index in [2.05, 4.69) is 33.9 Å². The number of unbranched alkanes of at least 4 members (excludes halogenated alkanes) is 8. The van der Waals surface area contributed by atoms with Crippen molar-refractivity contribution >= 4 is 11.8 Å². The molecule has 4 aliphatic heterocycles. The average Bonchev–Trinajstić information content (AvgIpc) is 3.32. The normalized spacial score (nSPS) is 27.9. The molecule has 3 N–H and O–H groups in total. The fourth-order valence-corrected chi connectivity index (χ4v) is 8.62. The number of fused-ring (bicyclic) bond motifs is 2. The van der Waals surface area contributed by atoms with E-state index < -0.39 is 97.0 Å². The zero-order valence-corrected chi connectivity index (χ0v) is 47.7. The third-order valence-corrected chi connectivity index (χ3v) is 12.5. The summed E-state index contributed by atoms with van der Waals surface area (Å²) in [6, 6.07) is -2.74. The molecule has 0 aromatic heterocycles. The van der Waals surface area contributed by atoms with Gasteiger partial charge in [0.05, 0.1) is 38.6 Å². The first kappa shape index (κ1) is 70.5. The van der Waals surface area contributed by atoms with Crippen LogP contribution in [0.4, 0.5) is 26.3 Å². The Morgan fingerprint density at radius 1 is 0.649 bits per heavy atom. The Kier molecular flexibility index (Phi) is 34.2. The van der Waals surface area contributed by atoms with Crippen molar-refractivity contribution in [1.29, 1.82) is 0 Å². The molecule has 430 valence electrons. The quantitative estimate of drug-likeness (QED) is 0.0359. The molecule has 4 aliphatic rings. The molecule has 2 amide bonds. The molecule has 4 fully saturated rings. The van der Waals surface area contributed by atoms with Crippen LogP contribution in [-0.2, 0) is 61.7 Å². The molecule has 23 heteroatoms. The van der Waals surface area contributed by atoms with Crippen molar-refractivity contribution in [2.45, 2.75) is 242 Å². The first-order valence-electron chi connectivity index (χ1n) is 25.9. The van der Waals surface area contributed by atoms with Crippen LogP contribution in [0.3, 0.4) is 0 Å². The number of ether oxygens (including phenoxy) is 11. The Bertz CT molecular complexity index is 1580. The van der Waals surface area contributed by atoms with Gasteiger partial charge in [0.25, 0.3) is 0 Å². The monoisotopic (exact) mass is 1090 g/mol. The molecule has 0 radical (unpaired) electrons. The van der Waals surface area contributed by atoms with Gasteiger partial charge in [0.15, 0.2) is 24.2 Å². The maximum absolute atomic E-state index is 13.1. The Morgan fingerprint density at radius 3 is 1.50 bits per heavy atom. The van der Waals surface area contributed by atoms with Gasteiger partial charge in [-0.1, -0.05) is 104 Å². The van der Waals surface area contributed by atoms with Crippen LogP contribution in [-0.4, -0.2) is 162 Å². The third-order valence-electron chi connectivity index (χ3n) is 12.5. The molecule has 0 spiro atoms. The Morgan fingerprint density at radius 2 is 1.07 bits per heavy atom. The number of hydrogen-bond donors (Lipinski definition) is 3. The number of carbonyl (C=O) groups is 2. The fourth-order valence-electron chi connectivity index (χ4n) is 8.62. The predicted molar refractivity (Wildman–Crippen MR) is 260 cm³/mol. The summed E-state index contributed by atoms with van der Waals surface area (Å²) in [4.78, 5) is 23.1. The van der Waals surface area contributed by atoms with Crippen molar-refractivity contribution in [2.24, 2.45) is 0 Å². The SMILES string of the molecule is C=CCO[C@H]1OC2COC(C)(C)O[C@H]2[C@H](O)[C@H]1NC(=O)C(F)(F)F.C=CCO[C@H]1OC2COC(C)(C)O[C@H]2[C@H](OCC[C@@H](CCCCCCC)OC)[C@H]1NC(=O)C(F)(F)F.CCCCCCC[C@H](CCC)OC.[H-].[Na+]. The summed E-state index contributed by atoms with van der Waals surface area (Å²) < 4.78 is 139. The van der Waals surface area contributed by atoms with Crippen LogP contribution in [0.1, 0.15) is 146 Å². The van der Waals surface area contributed by atoms with Gasteiger partial charge in [0.1, 0.15) is 48.7 Å². The predicted octanol–water partition coefficient (Wildman–Crippen LogP) is 6.02. The minimum atomic E-state index is -5.10. The largest absolute Gasteiger partial charge is 1.00 e. The number of methoxy groups -OCH3 is 2. The number of aliphatic hydroxyl groups is 1. The van der Waals surface area contributed by atoms with Gasteiger partial charge in [-0.3, -0.25) is 9.59 Å². The van der Waals surface area contributed by atoms with Gasteiger partial charge < -0.3 is 69.3 Å². The van der Waals surface area contributed by atoms with Gasteiger partial charge in [-0.25, -0.2) is 0 Å². The van der Waals surface area contributed by atoms with E-state index in [1.807, 2.05) is 12.4 Å². The molecular weight excluding hydrogens is 1000 g/mol. The smallest absolute Gasteiger partial charge is 1.00 e. The summed E-state index contributed by atoms with van der Waals surface area (Å²) in [5.74, 6) is -6.36. The van der Waals surface area contributed by atoms with E-state index in [0.29, 0.717) is 12.5 Å². The van der Waals surface area contributed by atoms with Gasteiger partial charge in [0.2, 0.25) is 0 Å². The zero-order valence-electron chi connectivity index (χ0n) is 46.7. The van der Waals surface area contributed by atoms with Crippen molar-refractivity contribution < 1.29 is 124 Å². The molecule has 2 unspecified atom stereocenters. The van der Waals surface area contributed by atoms with Gasteiger partial charge in [0, 0.05) is 20.8 Å². The van der Waals surface area contributed by atoms with E-state index in [1.165, 1.54) is 82.8 Å². The second kappa shape index (κ2) is 35.9. The Balaban J connectivity index is 0.00000121. The average molecular weight is 1090 g/mol. The minimum Gasteiger partial charge on any atom is -1.00 e. The van der Waals surface area contributed by atoms with Gasteiger partial charge >= 0.3 is 53.7 Å². The number of rotatable bonds is 28. The molecule has 0 saturated carbocycles. The van der Waals surface area contributed by atoms with Crippen LogP contribution >= 0.6 is 0 Å². The van der Waals surface area contributed by atoms with Crippen LogP contribution in [0.5, 0.6) is 0 Å². The number of hydrogen-bond acceptors (Lipinski definition) is 14. The van der Waals surface area contributed by atoms with Crippen LogP contribution in [0.25, 0.3) is 0 Å². The molecule has 16 nitrogen and oxygen atoms in total. The third kappa shape index (κ3) is 25.5. The van der Waals surface area contributed by atoms with E-state index in [9.17, 15) is 41.0 Å². The maximum atomic E-state index is 13.1. The first-order valence-corrected chi connectivity index (χ1v) is 25.9. The van der Waals surface area contributed by atoms with Crippen LogP contribution in [0.2, 0.25) is 0 Å². The van der Waals surface area contributed by atoms with Crippen molar-refractivity contribution in [1.82, 2.24) is 10.6 Å². The molecule has 0 bridgehead atoms. The Labute approximate surface area is 459 Å². The number of nitrogens with one attached hydrogen (secondary N) is 2. The molecule has 0 aliphatic carbocycles. The van der Waals surface area contributed by atoms with Crippen molar-refractivity contribution in [3.63, 3.8) is 0 Å². The molecule has 0 aromatic rings. The summed E-state index contributed by atoms with van der Waals surface area (Å²) in [6.45, 7) is 20.6. The first-order chi connectivity index (χ1) is 34.4. The van der Waals surface area contributed by atoms with Crippen LogP contribution in [0.15, 0.2) is 25.3 Å². The van der Waals surface area contributed by atoms with Crippen LogP contribution < -0.4 is 40.2 Å². The van der Waals surface area contributed by atoms with E-state index in [1.54, 1.807) is 40.1 Å². The minimum absolute atomic E-state index is 0. The maximum Gasteiger partial charge on any atom is 1.00 e.